The van der Waals surface area contributed by atoms with E-state index >= 15 is 0 Å². The third-order valence-corrected chi connectivity index (χ3v) is 4.00. The van der Waals surface area contributed by atoms with Crippen LogP contribution in [0, 0.1) is 11.3 Å². The highest BCUT2D eigenvalue weighted by Gasteiger charge is 2.22. The number of hydrogen-bond donors (Lipinski definition) is 1. The normalized spacial score (nSPS) is 11.6. The van der Waals surface area contributed by atoms with E-state index in [0.29, 0.717) is 5.76 Å². The standard InChI is InChI=1S/C21H23N3O4/c1-16(21(26)24(13-4-12-22)15-19-5-3-14-28-19)23-20(25)11-8-17-6-9-18(27-2)10-7-17/h3,5-11,14,16H,4,13,15H2,1-2H3,(H,23,25)/b11-8+. The fraction of sp³-hybridized carbons (Fsp3) is 0.286. The van der Waals surface area contributed by atoms with Gasteiger partial charge in [-0.25, -0.2) is 0 Å². The fourth-order valence-electron chi connectivity index (χ4n) is 2.53. The molecule has 0 saturated heterocycles. The Kier molecular flexibility index (Phi) is 7.85. The Balaban J connectivity index is 1.94. The Labute approximate surface area is 164 Å². The Hall–Kier alpha value is -3.53. The van der Waals surface area contributed by atoms with Crippen LogP contribution >= 0.6 is 0 Å². The number of carbonyl (C=O) groups excluding carboxylic acids is 2. The third-order valence-electron chi connectivity index (χ3n) is 4.00. The van der Waals surface area contributed by atoms with Gasteiger partial charge in [-0.3, -0.25) is 9.59 Å². The molecule has 1 aromatic heterocycles. The molecular formula is C21H23N3O4. The molecule has 1 aromatic carbocycles. The minimum absolute atomic E-state index is 0.199. The van der Waals surface area contributed by atoms with Crippen LogP contribution in [0.4, 0.5) is 0 Å². The first-order valence-electron chi connectivity index (χ1n) is 8.84. The predicted octanol–water partition coefficient (Wildman–Crippen LogP) is 2.75. The first-order valence-corrected chi connectivity index (χ1v) is 8.84. The molecule has 146 valence electrons. The number of rotatable bonds is 9. The molecule has 1 atom stereocenters. The summed E-state index contributed by atoms with van der Waals surface area (Å²) in [4.78, 5) is 26.3. The molecule has 0 aliphatic heterocycles. The highest BCUT2D eigenvalue weighted by atomic mass is 16.5. The van der Waals surface area contributed by atoms with E-state index in [1.54, 1.807) is 44.4 Å². The monoisotopic (exact) mass is 381 g/mol. The average Bonchev–Trinajstić information content (AvgIpc) is 3.22. The van der Waals surface area contributed by atoms with Crippen molar-refractivity contribution in [3.05, 3.63) is 60.1 Å². The summed E-state index contributed by atoms with van der Waals surface area (Å²) in [6.45, 7) is 2.12. The van der Waals surface area contributed by atoms with Crippen molar-refractivity contribution in [3.8, 4) is 11.8 Å². The molecule has 2 aromatic rings. The molecule has 1 heterocycles. The summed E-state index contributed by atoms with van der Waals surface area (Å²) < 4.78 is 10.4. The van der Waals surface area contributed by atoms with Gasteiger partial charge in [0.2, 0.25) is 11.8 Å². The molecule has 2 amide bonds. The average molecular weight is 381 g/mol. The molecule has 28 heavy (non-hydrogen) atoms. The van der Waals surface area contributed by atoms with Crippen molar-refractivity contribution in [1.29, 1.82) is 5.26 Å². The van der Waals surface area contributed by atoms with E-state index in [1.807, 2.05) is 18.2 Å². The summed E-state index contributed by atoms with van der Waals surface area (Å²) >= 11 is 0. The van der Waals surface area contributed by atoms with Crippen LogP contribution in [-0.4, -0.2) is 36.4 Å². The van der Waals surface area contributed by atoms with Crippen molar-refractivity contribution < 1.29 is 18.7 Å². The maximum Gasteiger partial charge on any atom is 0.245 e. The molecule has 7 heteroatoms. The van der Waals surface area contributed by atoms with Crippen LogP contribution in [0.1, 0.15) is 24.7 Å². The minimum Gasteiger partial charge on any atom is -0.497 e. The molecule has 0 radical (unpaired) electrons. The van der Waals surface area contributed by atoms with Gasteiger partial charge in [-0.2, -0.15) is 5.26 Å². The summed E-state index contributed by atoms with van der Waals surface area (Å²) in [6, 6.07) is 12.0. The van der Waals surface area contributed by atoms with Crippen LogP contribution in [0.5, 0.6) is 5.75 Å². The lowest BCUT2D eigenvalue weighted by atomic mass is 10.2. The molecule has 2 rings (SSSR count). The van der Waals surface area contributed by atoms with Crippen molar-refractivity contribution in [2.45, 2.75) is 25.9 Å². The van der Waals surface area contributed by atoms with Gasteiger partial charge in [0, 0.05) is 12.6 Å². The SMILES string of the molecule is COc1ccc(/C=C/C(=O)NC(C)C(=O)N(CCC#N)Cc2ccco2)cc1. The van der Waals surface area contributed by atoms with Gasteiger partial charge < -0.3 is 19.4 Å². The summed E-state index contributed by atoms with van der Waals surface area (Å²) in [5.74, 6) is 0.687. The second-order valence-corrected chi connectivity index (χ2v) is 6.08. The molecule has 0 fully saturated rings. The largest absolute Gasteiger partial charge is 0.497 e. The van der Waals surface area contributed by atoms with Gasteiger partial charge in [0.1, 0.15) is 17.6 Å². The quantitative estimate of drug-likeness (QED) is 0.674. The number of hydrogen-bond acceptors (Lipinski definition) is 5. The van der Waals surface area contributed by atoms with Crippen LogP contribution in [0.3, 0.4) is 0 Å². The lowest BCUT2D eigenvalue weighted by Gasteiger charge is -2.24. The van der Waals surface area contributed by atoms with Crippen molar-refractivity contribution in [2.75, 3.05) is 13.7 Å². The predicted molar refractivity (Wildman–Crippen MR) is 104 cm³/mol. The van der Waals surface area contributed by atoms with Crippen LogP contribution in [0.2, 0.25) is 0 Å². The van der Waals surface area contributed by atoms with Crippen LogP contribution in [0.15, 0.2) is 53.2 Å². The molecule has 0 spiro atoms. The summed E-state index contributed by atoms with van der Waals surface area (Å²) in [5.41, 5.74) is 0.836. The van der Waals surface area contributed by atoms with E-state index in [4.69, 9.17) is 14.4 Å². The van der Waals surface area contributed by atoms with E-state index in [9.17, 15) is 9.59 Å². The highest BCUT2D eigenvalue weighted by Crippen LogP contribution is 2.12. The van der Waals surface area contributed by atoms with Gasteiger partial charge in [0.25, 0.3) is 0 Å². The minimum atomic E-state index is -0.735. The van der Waals surface area contributed by atoms with Crippen LogP contribution in [0.25, 0.3) is 6.08 Å². The first-order chi connectivity index (χ1) is 13.5. The van der Waals surface area contributed by atoms with Crippen molar-refractivity contribution in [1.82, 2.24) is 10.2 Å². The summed E-state index contributed by atoms with van der Waals surface area (Å²) in [6.07, 6.45) is 4.75. The van der Waals surface area contributed by atoms with E-state index in [-0.39, 0.29) is 31.3 Å². The number of benzene rings is 1. The number of furan rings is 1. The summed E-state index contributed by atoms with van der Waals surface area (Å²) in [7, 11) is 1.59. The Morgan fingerprint density at radius 1 is 1.32 bits per heavy atom. The van der Waals surface area contributed by atoms with E-state index in [0.717, 1.165) is 11.3 Å². The zero-order chi connectivity index (χ0) is 20.4. The topological polar surface area (TPSA) is 95.6 Å². The van der Waals surface area contributed by atoms with Gasteiger partial charge in [-0.05, 0) is 42.8 Å². The molecule has 1 N–H and O–H groups in total. The number of carbonyl (C=O) groups is 2. The number of nitriles is 1. The molecular weight excluding hydrogens is 358 g/mol. The number of nitrogens with zero attached hydrogens (tertiary/aromatic N) is 2. The lowest BCUT2D eigenvalue weighted by Crippen LogP contribution is -2.46. The molecule has 7 nitrogen and oxygen atoms in total. The van der Waals surface area contributed by atoms with Crippen molar-refractivity contribution >= 4 is 17.9 Å². The van der Waals surface area contributed by atoms with Crippen molar-refractivity contribution in [3.63, 3.8) is 0 Å². The van der Waals surface area contributed by atoms with Gasteiger partial charge in [-0.15, -0.1) is 0 Å². The number of methoxy groups -OCH3 is 1. The summed E-state index contributed by atoms with van der Waals surface area (Å²) in [5, 5.41) is 11.5. The Morgan fingerprint density at radius 3 is 2.68 bits per heavy atom. The lowest BCUT2D eigenvalue weighted by molar-refractivity contribution is -0.135. The van der Waals surface area contributed by atoms with Gasteiger partial charge in [-0.1, -0.05) is 12.1 Å². The highest BCUT2D eigenvalue weighted by molar-refractivity contribution is 5.95. The van der Waals surface area contributed by atoms with Gasteiger partial charge in [0.15, 0.2) is 0 Å². The zero-order valence-electron chi connectivity index (χ0n) is 15.9. The maximum atomic E-state index is 12.7. The number of nitrogens with one attached hydrogen (secondary N) is 1. The van der Waals surface area contributed by atoms with Crippen molar-refractivity contribution in [2.24, 2.45) is 0 Å². The van der Waals surface area contributed by atoms with Crippen LogP contribution in [-0.2, 0) is 16.1 Å². The molecule has 0 saturated carbocycles. The first kappa shape index (κ1) is 20.8. The molecule has 0 bridgehead atoms. The third kappa shape index (κ3) is 6.32. The Morgan fingerprint density at radius 2 is 2.07 bits per heavy atom. The molecule has 1 unspecified atom stereocenters. The van der Waals surface area contributed by atoms with Gasteiger partial charge >= 0.3 is 0 Å². The van der Waals surface area contributed by atoms with E-state index in [2.05, 4.69) is 5.32 Å². The maximum absolute atomic E-state index is 12.7. The zero-order valence-corrected chi connectivity index (χ0v) is 15.9. The second-order valence-electron chi connectivity index (χ2n) is 6.08. The molecule has 0 aliphatic carbocycles. The smallest absolute Gasteiger partial charge is 0.245 e. The fourth-order valence-corrected chi connectivity index (χ4v) is 2.53. The Bertz CT molecular complexity index is 836. The van der Waals surface area contributed by atoms with E-state index in [1.165, 1.54) is 17.2 Å². The van der Waals surface area contributed by atoms with E-state index < -0.39 is 6.04 Å². The van der Waals surface area contributed by atoms with Gasteiger partial charge in [0.05, 0.1) is 32.4 Å². The number of ether oxygens (including phenoxy) is 1. The van der Waals surface area contributed by atoms with Crippen LogP contribution < -0.4 is 10.1 Å². The second kappa shape index (κ2) is 10.6. The number of amides is 2. The molecule has 0 aliphatic rings.